The lowest BCUT2D eigenvalue weighted by Crippen LogP contribution is -1.99. The minimum absolute atomic E-state index is 0.0734. The summed E-state index contributed by atoms with van der Waals surface area (Å²) in [7, 11) is 0. The van der Waals surface area contributed by atoms with Gasteiger partial charge in [-0.25, -0.2) is 4.68 Å². The molecule has 0 aliphatic carbocycles. The molecule has 0 atom stereocenters. The Bertz CT molecular complexity index is 580. The number of benzene rings is 1. The minimum atomic E-state index is -0.824. The molecule has 0 saturated heterocycles. The summed E-state index contributed by atoms with van der Waals surface area (Å²) in [6, 6.07) is 5.96. The van der Waals surface area contributed by atoms with Crippen LogP contribution in [0.15, 0.2) is 24.4 Å². The van der Waals surface area contributed by atoms with Crippen LogP contribution in [-0.4, -0.2) is 26.1 Å². The number of nitrogens with zero attached hydrogens (tertiary/aromatic N) is 3. The van der Waals surface area contributed by atoms with Gasteiger partial charge < -0.3 is 5.11 Å². The Kier molecular flexibility index (Phi) is 3.95. The monoisotopic (exact) mass is 357 g/mol. The van der Waals surface area contributed by atoms with E-state index in [4.69, 9.17) is 5.11 Å². The summed E-state index contributed by atoms with van der Waals surface area (Å²) >= 11 is 2.27. The lowest BCUT2D eigenvalue weighted by Gasteiger charge is -2.05. The third-order valence-electron chi connectivity index (χ3n) is 2.62. The second kappa shape index (κ2) is 5.47. The number of carboxylic acid groups (broad SMARTS) is 1. The van der Waals surface area contributed by atoms with Gasteiger partial charge in [-0.2, -0.15) is 0 Å². The zero-order valence-electron chi connectivity index (χ0n) is 9.80. The van der Waals surface area contributed by atoms with Gasteiger partial charge in [0.15, 0.2) is 0 Å². The van der Waals surface area contributed by atoms with Crippen LogP contribution >= 0.6 is 22.6 Å². The first-order valence-corrected chi connectivity index (χ1v) is 6.54. The van der Waals surface area contributed by atoms with Gasteiger partial charge in [0.25, 0.3) is 0 Å². The SMILES string of the molecule is Cc1c(I)cccc1-n1cc(CCC(=O)O)nn1. The minimum Gasteiger partial charge on any atom is -0.481 e. The lowest BCUT2D eigenvalue weighted by atomic mass is 10.2. The number of aromatic nitrogens is 3. The summed E-state index contributed by atoms with van der Waals surface area (Å²) in [6.07, 6.45) is 2.25. The molecule has 0 aliphatic rings. The van der Waals surface area contributed by atoms with E-state index in [1.54, 1.807) is 10.9 Å². The van der Waals surface area contributed by atoms with Gasteiger partial charge in [-0.05, 0) is 47.2 Å². The van der Waals surface area contributed by atoms with Crippen LogP contribution in [0, 0.1) is 10.5 Å². The maximum atomic E-state index is 10.5. The average molecular weight is 357 g/mol. The van der Waals surface area contributed by atoms with E-state index in [2.05, 4.69) is 32.9 Å². The first-order valence-electron chi connectivity index (χ1n) is 5.46. The fourth-order valence-electron chi connectivity index (χ4n) is 1.61. The van der Waals surface area contributed by atoms with Gasteiger partial charge in [0, 0.05) is 9.99 Å². The molecule has 1 aromatic carbocycles. The van der Waals surface area contributed by atoms with Crippen LogP contribution in [0.1, 0.15) is 17.7 Å². The van der Waals surface area contributed by atoms with Crippen LogP contribution in [0.5, 0.6) is 0 Å². The van der Waals surface area contributed by atoms with Crippen molar-refractivity contribution >= 4 is 28.6 Å². The molecule has 2 aromatic rings. The largest absolute Gasteiger partial charge is 0.481 e. The molecule has 2 rings (SSSR count). The van der Waals surface area contributed by atoms with Crippen LogP contribution < -0.4 is 0 Å². The van der Waals surface area contributed by atoms with Crippen molar-refractivity contribution in [3.63, 3.8) is 0 Å². The maximum absolute atomic E-state index is 10.5. The van der Waals surface area contributed by atoms with Crippen molar-refractivity contribution in [3.05, 3.63) is 39.2 Å². The highest BCUT2D eigenvalue weighted by atomic mass is 127. The number of carbonyl (C=O) groups is 1. The Morgan fingerprint density at radius 1 is 1.50 bits per heavy atom. The summed E-state index contributed by atoms with van der Waals surface area (Å²) in [4.78, 5) is 10.5. The fraction of sp³-hybridized carbons (Fsp3) is 0.250. The van der Waals surface area contributed by atoms with Crippen LogP contribution in [0.3, 0.4) is 0 Å². The van der Waals surface area contributed by atoms with Crippen LogP contribution in [-0.2, 0) is 11.2 Å². The molecule has 0 radical (unpaired) electrons. The smallest absolute Gasteiger partial charge is 0.303 e. The summed E-state index contributed by atoms with van der Waals surface area (Å²) < 4.78 is 2.85. The molecule has 5 nitrogen and oxygen atoms in total. The highest BCUT2D eigenvalue weighted by Gasteiger charge is 2.08. The van der Waals surface area contributed by atoms with Crippen molar-refractivity contribution in [3.8, 4) is 5.69 Å². The molecule has 0 fully saturated rings. The third kappa shape index (κ3) is 2.87. The Labute approximate surface area is 118 Å². The Hall–Kier alpha value is -1.44. The van der Waals surface area contributed by atoms with Crippen molar-refractivity contribution in [2.75, 3.05) is 0 Å². The molecule has 1 heterocycles. The Balaban J connectivity index is 2.24. The number of aliphatic carboxylic acids is 1. The first kappa shape index (κ1) is 13.0. The van der Waals surface area contributed by atoms with Crippen LogP contribution in [0.2, 0.25) is 0 Å². The summed E-state index contributed by atoms with van der Waals surface area (Å²) in [5, 5.41) is 16.6. The highest BCUT2D eigenvalue weighted by molar-refractivity contribution is 14.1. The molecular formula is C12H12IN3O2. The van der Waals surface area contributed by atoms with E-state index in [-0.39, 0.29) is 6.42 Å². The molecule has 6 heteroatoms. The van der Waals surface area contributed by atoms with Gasteiger partial charge in [0.2, 0.25) is 0 Å². The summed E-state index contributed by atoms with van der Waals surface area (Å²) in [6.45, 7) is 2.02. The van der Waals surface area contributed by atoms with E-state index in [1.807, 2.05) is 25.1 Å². The van der Waals surface area contributed by atoms with Crippen molar-refractivity contribution in [1.82, 2.24) is 15.0 Å². The number of hydrogen-bond acceptors (Lipinski definition) is 3. The third-order valence-corrected chi connectivity index (χ3v) is 3.79. The molecule has 18 heavy (non-hydrogen) atoms. The predicted molar refractivity (Wildman–Crippen MR) is 74.8 cm³/mol. The van der Waals surface area contributed by atoms with Gasteiger partial charge in [-0.15, -0.1) is 5.10 Å². The maximum Gasteiger partial charge on any atom is 0.303 e. The van der Waals surface area contributed by atoms with E-state index in [1.165, 1.54) is 0 Å². The molecule has 1 aromatic heterocycles. The fourth-order valence-corrected chi connectivity index (χ4v) is 2.09. The van der Waals surface area contributed by atoms with Crippen molar-refractivity contribution in [2.24, 2.45) is 0 Å². The first-order chi connectivity index (χ1) is 8.58. The molecular weight excluding hydrogens is 345 g/mol. The molecule has 94 valence electrons. The number of rotatable bonds is 4. The molecule has 0 unspecified atom stereocenters. The van der Waals surface area contributed by atoms with Crippen LogP contribution in [0.25, 0.3) is 5.69 Å². The lowest BCUT2D eigenvalue weighted by molar-refractivity contribution is -0.136. The van der Waals surface area contributed by atoms with Crippen molar-refractivity contribution < 1.29 is 9.90 Å². The van der Waals surface area contributed by atoms with Gasteiger partial charge in [0.1, 0.15) is 0 Å². The molecule has 0 saturated carbocycles. The van der Waals surface area contributed by atoms with Gasteiger partial charge in [0.05, 0.1) is 24.0 Å². The molecule has 0 spiro atoms. The van der Waals surface area contributed by atoms with E-state index < -0.39 is 5.97 Å². The second-order valence-corrected chi connectivity index (χ2v) is 5.09. The summed E-state index contributed by atoms with van der Waals surface area (Å²) in [5.41, 5.74) is 2.79. The summed E-state index contributed by atoms with van der Waals surface area (Å²) in [5.74, 6) is -0.824. The molecule has 0 aliphatic heterocycles. The highest BCUT2D eigenvalue weighted by Crippen LogP contribution is 2.19. The quantitative estimate of drug-likeness (QED) is 0.852. The number of carboxylic acids is 1. The zero-order chi connectivity index (χ0) is 13.1. The van der Waals surface area contributed by atoms with E-state index in [0.717, 1.165) is 14.8 Å². The number of halogens is 1. The van der Waals surface area contributed by atoms with Gasteiger partial charge >= 0.3 is 5.97 Å². The molecule has 0 bridgehead atoms. The number of aryl methyl sites for hydroxylation is 1. The molecule has 0 amide bonds. The van der Waals surface area contributed by atoms with Crippen molar-refractivity contribution in [2.45, 2.75) is 19.8 Å². The van der Waals surface area contributed by atoms with Crippen molar-refractivity contribution in [1.29, 1.82) is 0 Å². The zero-order valence-corrected chi connectivity index (χ0v) is 12.0. The standard InChI is InChI=1S/C12H12IN3O2/c1-8-10(13)3-2-4-11(8)16-7-9(14-15-16)5-6-12(17)18/h2-4,7H,5-6H2,1H3,(H,17,18). The van der Waals surface area contributed by atoms with E-state index in [9.17, 15) is 4.79 Å². The second-order valence-electron chi connectivity index (χ2n) is 3.93. The van der Waals surface area contributed by atoms with Crippen LogP contribution in [0.4, 0.5) is 0 Å². The van der Waals surface area contributed by atoms with Gasteiger partial charge in [-0.3, -0.25) is 4.79 Å². The topological polar surface area (TPSA) is 68.0 Å². The average Bonchev–Trinajstić information content (AvgIpc) is 2.78. The Morgan fingerprint density at radius 3 is 3.00 bits per heavy atom. The van der Waals surface area contributed by atoms with Gasteiger partial charge in [-0.1, -0.05) is 11.3 Å². The van der Waals surface area contributed by atoms with E-state index >= 15 is 0 Å². The normalized spacial score (nSPS) is 10.6. The Morgan fingerprint density at radius 2 is 2.28 bits per heavy atom. The number of hydrogen-bond donors (Lipinski definition) is 1. The molecule has 1 N–H and O–H groups in total. The predicted octanol–water partition coefficient (Wildman–Crippen LogP) is 2.20. The van der Waals surface area contributed by atoms with E-state index in [0.29, 0.717) is 12.1 Å².